The van der Waals surface area contributed by atoms with Crippen molar-refractivity contribution in [3.8, 4) is 0 Å². The summed E-state index contributed by atoms with van der Waals surface area (Å²) in [4.78, 5) is 1.53. The first-order valence-corrected chi connectivity index (χ1v) is 4.30. The summed E-state index contributed by atoms with van der Waals surface area (Å²) in [5, 5.41) is 8.03. The summed E-state index contributed by atoms with van der Waals surface area (Å²) in [6.07, 6.45) is 1.77. The summed E-state index contributed by atoms with van der Waals surface area (Å²) in [5.74, 6) is 0.434. The highest BCUT2D eigenvalue weighted by Gasteiger charge is 2.14. The second-order valence-corrected chi connectivity index (χ2v) is 3.27. The zero-order chi connectivity index (χ0) is 10.0. The third-order valence-corrected chi connectivity index (χ3v) is 2.03. The quantitative estimate of drug-likeness (QED) is 0.652. The van der Waals surface area contributed by atoms with Gasteiger partial charge < -0.3 is 0 Å². The summed E-state index contributed by atoms with van der Waals surface area (Å²) in [5.41, 5.74) is 3.14. The highest BCUT2D eigenvalue weighted by Crippen LogP contribution is 2.23. The van der Waals surface area contributed by atoms with E-state index in [1.165, 1.54) is 10.4 Å². The molecule has 1 aromatic heterocycles. The molecule has 0 bridgehead atoms. The van der Waals surface area contributed by atoms with Crippen LogP contribution in [0.2, 0.25) is 0 Å². The molecule has 0 N–H and O–H groups in total. The smallest absolute Gasteiger partial charge is 0.0903 e. The lowest BCUT2D eigenvalue weighted by molar-refractivity contribution is 0.729. The van der Waals surface area contributed by atoms with E-state index >= 15 is 0 Å². The minimum Gasteiger partial charge on any atom is -0.166 e. The van der Waals surface area contributed by atoms with Crippen LogP contribution in [0.25, 0.3) is 6.08 Å². The van der Waals surface area contributed by atoms with Gasteiger partial charge in [0.05, 0.1) is 11.4 Å². The van der Waals surface area contributed by atoms with Gasteiger partial charge in [0.2, 0.25) is 0 Å². The first-order valence-electron chi connectivity index (χ1n) is 4.30. The van der Waals surface area contributed by atoms with Crippen LogP contribution in [0.5, 0.6) is 0 Å². The van der Waals surface area contributed by atoms with E-state index in [-0.39, 0.29) is 0 Å². The van der Waals surface area contributed by atoms with Gasteiger partial charge in [0.15, 0.2) is 0 Å². The van der Waals surface area contributed by atoms with Crippen LogP contribution in [0.15, 0.2) is 11.7 Å². The Morgan fingerprint density at radius 3 is 2.54 bits per heavy atom. The van der Waals surface area contributed by atoms with Crippen LogP contribution in [0.3, 0.4) is 0 Å². The van der Waals surface area contributed by atoms with Gasteiger partial charge in [-0.25, -0.2) is 0 Å². The minimum atomic E-state index is 0.434. The van der Waals surface area contributed by atoms with E-state index in [9.17, 15) is 0 Å². The molecule has 0 atom stereocenters. The molecule has 1 aromatic rings. The molecular weight excluding hydrogens is 162 g/mol. The highest BCUT2D eigenvalue weighted by atomic mass is 15.5. The van der Waals surface area contributed by atoms with Crippen LogP contribution in [0, 0.1) is 6.92 Å². The zero-order valence-electron chi connectivity index (χ0n) is 8.41. The molecule has 0 aromatic carbocycles. The number of rotatable bonds is 3. The fourth-order valence-electron chi connectivity index (χ4n) is 1.56. The first-order chi connectivity index (χ1) is 6.11. The molecule has 0 spiro atoms. The van der Waals surface area contributed by atoms with Crippen molar-refractivity contribution in [2.45, 2.75) is 26.7 Å². The van der Waals surface area contributed by atoms with Gasteiger partial charge in [0, 0.05) is 12.3 Å². The highest BCUT2D eigenvalue weighted by molar-refractivity contribution is 5.50. The van der Waals surface area contributed by atoms with Crippen molar-refractivity contribution in [1.29, 1.82) is 0 Å². The molecule has 0 saturated carbocycles. The second kappa shape index (κ2) is 3.56. The molecule has 13 heavy (non-hydrogen) atoms. The maximum atomic E-state index is 4.24. The van der Waals surface area contributed by atoms with Crippen molar-refractivity contribution >= 4 is 12.8 Å². The Labute approximate surface area is 78.8 Å². The van der Waals surface area contributed by atoms with Crippen LogP contribution in [-0.2, 0) is 0 Å². The van der Waals surface area contributed by atoms with Crippen molar-refractivity contribution in [3.05, 3.63) is 23.5 Å². The number of hydrogen-bond donors (Lipinski definition) is 0. The predicted molar refractivity (Wildman–Crippen MR) is 56.1 cm³/mol. The first kappa shape index (κ1) is 9.71. The Hall–Kier alpha value is -1.38. The van der Waals surface area contributed by atoms with Gasteiger partial charge in [0.1, 0.15) is 0 Å². The van der Waals surface area contributed by atoms with Crippen LogP contribution in [0.4, 0.5) is 0 Å². The Morgan fingerprint density at radius 2 is 2.15 bits per heavy atom. The average molecular weight is 177 g/mol. The number of aryl methyl sites for hydroxylation is 1. The van der Waals surface area contributed by atoms with Crippen molar-refractivity contribution in [2.24, 2.45) is 5.10 Å². The topological polar surface area (TPSA) is 30.2 Å². The molecule has 0 aliphatic rings. The van der Waals surface area contributed by atoms with E-state index in [4.69, 9.17) is 0 Å². The van der Waals surface area contributed by atoms with Crippen LogP contribution >= 0.6 is 0 Å². The molecule has 0 unspecified atom stereocenters. The molecule has 0 radical (unpaired) electrons. The van der Waals surface area contributed by atoms with Gasteiger partial charge in [0.25, 0.3) is 0 Å². The number of aromatic nitrogens is 2. The molecule has 1 heterocycles. The molecule has 0 saturated heterocycles. The van der Waals surface area contributed by atoms with Gasteiger partial charge in [-0.1, -0.05) is 20.4 Å². The Bertz CT molecular complexity index is 334. The Morgan fingerprint density at radius 1 is 1.54 bits per heavy atom. The summed E-state index contributed by atoms with van der Waals surface area (Å²) in [7, 11) is 0. The second-order valence-electron chi connectivity index (χ2n) is 3.27. The molecule has 3 heteroatoms. The molecular formula is C10H15N3. The van der Waals surface area contributed by atoms with E-state index in [1.54, 1.807) is 6.08 Å². The van der Waals surface area contributed by atoms with E-state index in [1.807, 2.05) is 6.92 Å². The lowest BCUT2D eigenvalue weighted by Crippen LogP contribution is -1.95. The maximum Gasteiger partial charge on any atom is 0.0903 e. The van der Waals surface area contributed by atoms with Crippen molar-refractivity contribution in [1.82, 2.24) is 9.89 Å². The molecule has 3 nitrogen and oxygen atoms in total. The van der Waals surface area contributed by atoms with Crippen molar-refractivity contribution in [3.63, 3.8) is 0 Å². The minimum absolute atomic E-state index is 0.434. The van der Waals surface area contributed by atoms with E-state index in [2.05, 4.69) is 37.3 Å². The molecule has 70 valence electrons. The number of hydrogen-bond acceptors (Lipinski definition) is 2. The lowest BCUT2D eigenvalue weighted by atomic mass is 10.0. The van der Waals surface area contributed by atoms with Gasteiger partial charge >= 0.3 is 0 Å². The van der Waals surface area contributed by atoms with Crippen LogP contribution in [-0.4, -0.2) is 16.6 Å². The monoisotopic (exact) mass is 177 g/mol. The maximum absolute atomic E-state index is 4.24. The fraction of sp³-hybridized carbons (Fsp3) is 0.400. The summed E-state index contributed by atoms with van der Waals surface area (Å²) in [6, 6.07) is 0. The van der Waals surface area contributed by atoms with Crippen LogP contribution < -0.4 is 0 Å². The van der Waals surface area contributed by atoms with Crippen molar-refractivity contribution < 1.29 is 0 Å². The predicted octanol–water partition coefficient (Wildman–Crippen LogP) is 2.42. The van der Waals surface area contributed by atoms with Crippen molar-refractivity contribution in [2.75, 3.05) is 0 Å². The zero-order valence-corrected chi connectivity index (χ0v) is 8.41. The normalized spacial score (nSPS) is 10.5. The average Bonchev–Trinajstić information content (AvgIpc) is 2.41. The summed E-state index contributed by atoms with van der Waals surface area (Å²) in [6.45, 7) is 13.4. The van der Waals surface area contributed by atoms with Gasteiger partial charge in [-0.05, 0) is 18.9 Å². The molecule has 0 aliphatic carbocycles. The summed E-state index contributed by atoms with van der Waals surface area (Å²) < 4.78 is 0. The fourth-order valence-corrected chi connectivity index (χ4v) is 1.56. The Kier molecular flexibility index (Phi) is 2.66. The Balaban J connectivity index is 3.39. The van der Waals surface area contributed by atoms with Gasteiger partial charge in [-0.15, -0.1) is 0 Å². The standard InChI is InChI=1S/C10H15N3/c1-6-9-10(7(2)3)8(4)12-13(9)11-5/h6-7H,1,5H2,2-4H3. The van der Waals surface area contributed by atoms with E-state index in [0.29, 0.717) is 5.92 Å². The SMILES string of the molecule is C=Cc1c(C(C)C)c(C)nn1N=C. The molecule has 0 amide bonds. The number of nitrogens with zero attached hydrogens (tertiary/aromatic N) is 3. The molecule has 0 fully saturated rings. The lowest BCUT2D eigenvalue weighted by Gasteiger charge is -2.04. The van der Waals surface area contributed by atoms with Crippen LogP contribution in [0.1, 0.15) is 36.7 Å². The van der Waals surface area contributed by atoms with Gasteiger partial charge in [-0.2, -0.15) is 15.0 Å². The molecule has 0 aliphatic heterocycles. The summed E-state index contributed by atoms with van der Waals surface area (Å²) >= 11 is 0. The largest absolute Gasteiger partial charge is 0.166 e. The van der Waals surface area contributed by atoms with Gasteiger partial charge in [-0.3, -0.25) is 0 Å². The third kappa shape index (κ3) is 1.54. The molecule has 1 rings (SSSR count). The third-order valence-electron chi connectivity index (χ3n) is 2.03. The van der Waals surface area contributed by atoms with E-state index in [0.717, 1.165) is 11.4 Å². The van der Waals surface area contributed by atoms with E-state index < -0.39 is 0 Å².